The fraction of sp³-hybridized carbons (Fsp3) is 0.576. The van der Waals surface area contributed by atoms with Crippen LogP contribution in [0.15, 0.2) is 30.5 Å². The van der Waals surface area contributed by atoms with Gasteiger partial charge in [-0.1, -0.05) is 54.6 Å². The highest BCUT2D eigenvalue weighted by atomic mass is 35.5. The average Bonchev–Trinajstić information content (AvgIpc) is 3.40. The summed E-state index contributed by atoms with van der Waals surface area (Å²) in [6.45, 7) is 1.68. The molecule has 2 N–H and O–H groups in total. The molecule has 43 heavy (non-hydrogen) atoms. The van der Waals surface area contributed by atoms with Crippen LogP contribution in [0, 0.1) is 11.2 Å². The van der Waals surface area contributed by atoms with Gasteiger partial charge in [-0.25, -0.2) is 9.37 Å². The van der Waals surface area contributed by atoms with Crippen molar-refractivity contribution in [3.05, 3.63) is 57.6 Å². The van der Waals surface area contributed by atoms with Crippen molar-refractivity contribution in [1.29, 1.82) is 0 Å². The average molecular weight is 628 g/mol. The number of halogens is 3. The molecule has 4 aliphatic carbocycles. The molecule has 4 saturated carbocycles. The summed E-state index contributed by atoms with van der Waals surface area (Å²) in [7, 11) is 1.93. The van der Waals surface area contributed by atoms with Crippen molar-refractivity contribution in [2.24, 2.45) is 5.41 Å². The normalized spacial score (nSPS) is 34.4. The lowest BCUT2D eigenvalue weighted by Gasteiger charge is -2.53. The highest BCUT2D eigenvalue weighted by molar-refractivity contribution is 6.31. The number of anilines is 1. The maximum Gasteiger partial charge on any atom is 0.238 e. The summed E-state index contributed by atoms with van der Waals surface area (Å²) < 4.78 is 16.2. The number of ketones is 1. The van der Waals surface area contributed by atoms with Crippen molar-refractivity contribution in [3.8, 4) is 0 Å². The lowest BCUT2D eigenvalue weighted by atomic mass is 9.55. The van der Waals surface area contributed by atoms with E-state index in [0.717, 1.165) is 57.8 Å². The number of hydrogen-bond donors (Lipinski definition) is 2. The molecule has 1 aromatic carbocycles. The Hall–Kier alpha value is -2.55. The van der Waals surface area contributed by atoms with Crippen LogP contribution >= 0.6 is 23.2 Å². The van der Waals surface area contributed by atoms with E-state index < -0.39 is 34.3 Å². The molecular weight excluding hydrogens is 590 g/mol. The summed E-state index contributed by atoms with van der Waals surface area (Å²) in [5, 5.41) is 6.71. The number of Topliss-reactive ketones (excluding diaryl/α,β-unsaturated/α-hetero) is 1. The van der Waals surface area contributed by atoms with Crippen molar-refractivity contribution < 1.29 is 18.8 Å². The van der Waals surface area contributed by atoms with E-state index in [1.807, 2.05) is 7.05 Å². The van der Waals surface area contributed by atoms with E-state index in [1.54, 1.807) is 31.3 Å². The molecule has 1 saturated heterocycles. The highest BCUT2D eigenvalue weighted by Crippen LogP contribution is 2.66. The number of nitrogens with one attached hydrogen (secondary N) is 2. The van der Waals surface area contributed by atoms with E-state index in [-0.39, 0.29) is 38.8 Å². The first-order chi connectivity index (χ1) is 20.5. The second kappa shape index (κ2) is 9.98. The second-order valence-electron chi connectivity index (χ2n) is 13.7. The number of likely N-dealkylation sites (tertiary alicyclic amines) is 1. The molecule has 2 aliphatic heterocycles. The largest absolute Gasteiger partial charge is 0.349 e. The van der Waals surface area contributed by atoms with E-state index >= 15 is 4.39 Å². The standard InChI is InChI=1S/C33H37Cl2FN4O3/c1-19(41)30-11-14-31(15-12-30,16-13-30)39-28(42)27-25(20-7-6-8-22(34)26(20)36)33(32(40(27)2)9-4-3-5-10-32)21-18-37-24(35)17-23(21)38-29(33)43/h6-8,17-18,25,27H,3-5,9-16H2,1-2H3,(H,38,43)(H,39,42)/t25-,27+,30?,31?,33+/m0/s1. The molecule has 6 aliphatic rings. The van der Waals surface area contributed by atoms with Gasteiger partial charge in [-0.2, -0.15) is 0 Å². The molecule has 8 rings (SSSR count). The van der Waals surface area contributed by atoms with Crippen LogP contribution in [-0.2, 0) is 19.8 Å². The quantitative estimate of drug-likeness (QED) is 0.388. The Kier molecular flexibility index (Phi) is 6.77. The number of fused-ring (bicyclic) bond motifs is 6. The number of nitrogens with zero attached hydrogens (tertiary/aromatic N) is 2. The maximum absolute atomic E-state index is 16.2. The minimum atomic E-state index is -1.30. The van der Waals surface area contributed by atoms with E-state index in [2.05, 4.69) is 20.5 Å². The van der Waals surface area contributed by atoms with Crippen molar-refractivity contribution in [1.82, 2.24) is 15.2 Å². The Labute approximate surface area is 261 Å². The number of rotatable bonds is 4. The summed E-state index contributed by atoms with van der Waals surface area (Å²) in [5.74, 6) is -1.73. The predicted molar refractivity (Wildman–Crippen MR) is 163 cm³/mol. The Bertz CT molecular complexity index is 1520. The molecule has 2 spiro atoms. The Morgan fingerprint density at radius 2 is 1.72 bits per heavy atom. The lowest BCUT2D eigenvalue weighted by Crippen LogP contribution is -2.62. The monoisotopic (exact) mass is 626 g/mol. The van der Waals surface area contributed by atoms with Crippen molar-refractivity contribution in [2.75, 3.05) is 12.4 Å². The van der Waals surface area contributed by atoms with Gasteiger partial charge in [0.05, 0.1) is 11.1 Å². The predicted octanol–water partition coefficient (Wildman–Crippen LogP) is 6.32. The number of hydrogen-bond acceptors (Lipinski definition) is 5. The molecule has 1 aromatic heterocycles. The Morgan fingerprint density at radius 3 is 2.37 bits per heavy atom. The molecule has 3 atom stereocenters. The van der Waals surface area contributed by atoms with Crippen LogP contribution in [0.25, 0.3) is 0 Å². The van der Waals surface area contributed by atoms with Gasteiger partial charge in [0.15, 0.2) is 0 Å². The number of amides is 2. The van der Waals surface area contributed by atoms with Gasteiger partial charge in [-0.05, 0) is 83.0 Å². The van der Waals surface area contributed by atoms with Crippen molar-refractivity contribution in [2.45, 2.75) is 106 Å². The van der Waals surface area contributed by atoms with Gasteiger partial charge in [0.1, 0.15) is 22.2 Å². The van der Waals surface area contributed by atoms with Gasteiger partial charge >= 0.3 is 0 Å². The highest BCUT2D eigenvalue weighted by Gasteiger charge is 2.75. The smallest absolute Gasteiger partial charge is 0.238 e. The Morgan fingerprint density at radius 1 is 1.05 bits per heavy atom. The zero-order valence-electron chi connectivity index (χ0n) is 24.6. The fourth-order valence-corrected chi connectivity index (χ4v) is 10.2. The molecule has 228 valence electrons. The molecule has 2 amide bonds. The molecular formula is C33H37Cl2FN4O3. The number of benzene rings is 1. The molecule has 2 aromatic rings. The molecule has 0 radical (unpaired) electrons. The van der Waals surface area contributed by atoms with Crippen LogP contribution < -0.4 is 10.6 Å². The maximum atomic E-state index is 16.2. The molecule has 3 heterocycles. The SMILES string of the molecule is CC(=O)C12CCC(NC(=O)[C@H]3[C@H](c4cccc(Cl)c4F)[C@]4(C(=O)Nc5cc(Cl)ncc54)C4(CCCCC4)N3C)(CC1)CC2. The van der Waals surface area contributed by atoms with E-state index in [1.165, 1.54) is 6.07 Å². The third-order valence-electron chi connectivity index (χ3n) is 12.2. The number of pyridine rings is 1. The topological polar surface area (TPSA) is 91.4 Å². The van der Waals surface area contributed by atoms with Crippen molar-refractivity contribution >= 4 is 46.5 Å². The number of aromatic nitrogens is 1. The summed E-state index contributed by atoms with van der Waals surface area (Å²) in [4.78, 5) is 48.4. The second-order valence-corrected chi connectivity index (χ2v) is 14.5. The summed E-state index contributed by atoms with van der Waals surface area (Å²) in [6, 6.07) is 5.63. The van der Waals surface area contributed by atoms with Crippen LogP contribution in [0.4, 0.5) is 10.1 Å². The minimum absolute atomic E-state index is 0.0503. The van der Waals surface area contributed by atoms with Crippen molar-refractivity contribution in [3.63, 3.8) is 0 Å². The zero-order chi connectivity index (χ0) is 30.4. The number of carbonyl (C=O) groups excluding carboxylic acids is 3. The fourth-order valence-electron chi connectivity index (χ4n) is 9.87. The Balaban J connectivity index is 1.40. The van der Waals surface area contributed by atoms with Gasteiger partial charge in [0.25, 0.3) is 0 Å². The molecule has 2 bridgehead atoms. The van der Waals surface area contributed by atoms with E-state index in [4.69, 9.17) is 23.2 Å². The van der Waals surface area contributed by atoms with Crippen LogP contribution in [0.3, 0.4) is 0 Å². The van der Waals surface area contributed by atoms with Gasteiger partial charge in [0, 0.05) is 39.9 Å². The van der Waals surface area contributed by atoms with Gasteiger partial charge in [0.2, 0.25) is 11.8 Å². The van der Waals surface area contributed by atoms with E-state index in [9.17, 15) is 14.4 Å². The van der Waals surface area contributed by atoms with Crippen LogP contribution in [0.5, 0.6) is 0 Å². The first-order valence-corrected chi connectivity index (χ1v) is 16.2. The lowest BCUT2D eigenvalue weighted by molar-refractivity contribution is -0.137. The minimum Gasteiger partial charge on any atom is -0.349 e. The summed E-state index contributed by atoms with van der Waals surface area (Å²) in [5.41, 5.74) is -1.32. The van der Waals surface area contributed by atoms with Gasteiger partial charge < -0.3 is 10.6 Å². The molecule has 5 fully saturated rings. The summed E-state index contributed by atoms with van der Waals surface area (Å²) >= 11 is 12.7. The van der Waals surface area contributed by atoms with Crippen LogP contribution in [0.2, 0.25) is 10.2 Å². The van der Waals surface area contributed by atoms with Crippen LogP contribution in [-0.4, -0.2) is 51.6 Å². The molecule has 0 unspecified atom stereocenters. The van der Waals surface area contributed by atoms with Gasteiger partial charge in [-0.3, -0.25) is 19.3 Å². The molecule has 10 heteroatoms. The molecule has 7 nitrogen and oxygen atoms in total. The number of likely N-dealkylation sites (N-methyl/N-ethyl adjacent to an activating group) is 1. The third kappa shape index (κ3) is 3.88. The van der Waals surface area contributed by atoms with Gasteiger partial charge in [-0.15, -0.1) is 0 Å². The number of carbonyl (C=O) groups is 3. The first-order valence-electron chi connectivity index (χ1n) is 15.5. The van der Waals surface area contributed by atoms with Crippen LogP contribution in [0.1, 0.15) is 94.6 Å². The van der Waals surface area contributed by atoms with E-state index in [0.29, 0.717) is 24.1 Å². The third-order valence-corrected chi connectivity index (χ3v) is 12.7. The zero-order valence-corrected chi connectivity index (χ0v) is 26.1. The summed E-state index contributed by atoms with van der Waals surface area (Å²) in [6.07, 6.45) is 10.2. The first kappa shape index (κ1) is 29.2.